The maximum absolute atomic E-state index is 13.5. The molecule has 121 heavy (non-hydrogen) atoms. The minimum Gasteiger partial charge on any atom is -0.396 e. The van der Waals surface area contributed by atoms with Crippen molar-refractivity contribution in [1.29, 1.82) is 10.5 Å². The minimum absolute atomic E-state index is 0. The van der Waals surface area contributed by atoms with Crippen molar-refractivity contribution < 1.29 is 109 Å². The van der Waals surface area contributed by atoms with Crippen molar-refractivity contribution in [2.75, 3.05) is 79.1 Å². The number of aliphatic imine (C=N–C) groups is 1. The van der Waals surface area contributed by atoms with E-state index in [0.29, 0.717) is 53.3 Å². The number of aromatic nitrogens is 2. The second kappa shape index (κ2) is 57.9. The minimum atomic E-state index is -0.750. The number of aliphatic hydroxyl groups is 1. The van der Waals surface area contributed by atoms with Gasteiger partial charge in [-0.2, -0.15) is 10.5 Å². The molecule has 0 bridgehead atoms. The molecule has 0 saturated heterocycles. The summed E-state index contributed by atoms with van der Waals surface area (Å²) in [5, 5.41) is 61.6. The number of carbonyl (C=O) groups is 3. The van der Waals surface area contributed by atoms with Gasteiger partial charge in [0.1, 0.15) is 29.5 Å². The number of nitrogen functional groups attached to an aromatic ring is 4. The maximum Gasteiger partial charge on any atom is 1.00 e. The van der Waals surface area contributed by atoms with E-state index in [1.807, 2.05) is 128 Å². The second-order valence-electron chi connectivity index (χ2n) is 29.7. The van der Waals surface area contributed by atoms with Crippen LogP contribution in [0.4, 0.5) is 72.0 Å². The Morgan fingerprint density at radius 3 is 1.55 bits per heavy atom. The summed E-state index contributed by atoms with van der Waals surface area (Å²) in [6.07, 6.45) is 10.3. The molecular formula is C85H103B2BrFKN20O11. The molecule has 7 aromatic rings. The summed E-state index contributed by atoms with van der Waals surface area (Å²) in [6, 6.07) is 39.8. The van der Waals surface area contributed by atoms with Gasteiger partial charge in [0.05, 0.1) is 42.7 Å². The predicted octanol–water partition coefficient (Wildman–Crippen LogP) is 13.5. The van der Waals surface area contributed by atoms with Crippen molar-refractivity contribution in [2.45, 2.75) is 182 Å². The van der Waals surface area contributed by atoms with Gasteiger partial charge >= 0.3 is 99.3 Å². The molecular weight excluding hydrogens is 1640 g/mol. The zero-order valence-corrected chi connectivity index (χ0v) is 75.5. The first-order chi connectivity index (χ1) is 56.6. The smallest absolute Gasteiger partial charge is 0.396 e. The molecule has 5 aromatic carbocycles. The third-order valence-corrected chi connectivity index (χ3v) is 15.5. The first kappa shape index (κ1) is 109. The maximum atomic E-state index is 13.5. The van der Waals surface area contributed by atoms with Gasteiger partial charge in [0.15, 0.2) is 17.2 Å². The Labute approximate surface area is 760 Å². The van der Waals surface area contributed by atoms with Crippen LogP contribution in [0.5, 0.6) is 0 Å². The number of hydrogen-bond acceptors (Lipinski definition) is 24. The normalized spacial score (nSPS) is 12.3. The number of ether oxygens (including phenoxy) is 1. The number of ketones is 1. The number of anilines is 10. The fourth-order valence-electron chi connectivity index (χ4n) is 9.83. The van der Waals surface area contributed by atoms with E-state index < -0.39 is 30.1 Å². The Morgan fingerprint density at radius 2 is 1.17 bits per heavy atom. The van der Waals surface area contributed by atoms with Gasteiger partial charge in [0.25, 0.3) is 19.4 Å². The molecule has 3 aliphatic rings. The molecule has 2 aromatic heterocycles. The van der Waals surface area contributed by atoms with Crippen molar-refractivity contribution in [1.82, 2.24) is 10.3 Å². The number of allylic oxidation sites excluding steroid dienone is 4. The van der Waals surface area contributed by atoms with E-state index in [1.54, 1.807) is 105 Å². The van der Waals surface area contributed by atoms with Crippen molar-refractivity contribution in [3.8, 4) is 24.1 Å². The SMILES string of the molecule is CB(O)Nc1ccc(N)cc1.CC(C)(C)OC(=O)Cc1ccc(NCC#N)cc1.CC(C)(C)[O-].CC(C)(C)c1cc(N=C=O)no1.N#CCBr.Nc1ccc(N)cc1.O=BC#CO.[C-]#[N+]C1CCCC1=O.[C-]#[N+]CN(C1=C([N+]#[C-])CCC1)c1ccc(N)c(F)c1.[C-]#[N+]CN(C1=C([N+]#[C-])CCC1)c1ccc(NC(=O)Nc2cc(C(C)(C)C)on2)cc1.[K+]. The summed E-state index contributed by atoms with van der Waals surface area (Å²) in [7, 11) is -0.210. The molecule has 2 amide bonds. The number of hydrogen-bond donors (Lipinski definition) is 10. The van der Waals surface area contributed by atoms with Crippen molar-refractivity contribution in [2.24, 2.45) is 4.99 Å². The van der Waals surface area contributed by atoms with Crippen molar-refractivity contribution >= 4 is 117 Å². The molecule has 3 aliphatic carbocycles. The predicted molar refractivity (Wildman–Crippen MR) is 469 cm³/mol. The van der Waals surface area contributed by atoms with Gasteiger partial charge in [-0.15, -0.1) is 10.6 Å². The van der Waals surface area contributed by atoms with Crippen molar-refractivity contribution in [3.05, 3.63) is 230 Å². The zero-order chi connectivity index (χ0) is 90.6. The fourth-order valence-corrected chi connectivity index (χ4v) is 9.83. The summed E-state index contributed by atoms with van der Waals surface area (Å²) in [5.74, 6) is 3.14. The van der Waals surface area contributed by atoms with Gasteiger partial charge in [-0.3, -0.25) is 34.4 Å². The Balaban J connectivity index is 0.00000140. The van der Waals surface area contributed by atoms with Crippen LogP contribution >= 0.6 is 15.9 Å². The van der Waals surface area contributed by atoms with Gasteiger partial charge in [-0.05, 0) is 168 Å². The molecule has 630 valence electrons. The number of urea groups is 1. The standard InChI is InChI=1S/C22H24N6O2.C14H13FN4.C14H18N2O2.C8H10N2O2.C7H11BN2O.C6H8N2.C6H7NO.C4H9O.C2HBO2.C2H2BrN.K/c1-22(2,3)19-13-20(27-30-19)26-21(29)25-15-9-11-16(12-10-15)28(14-23-4)18-8-6-7-17(18)24-5;1-17-9-19(14-5-3-4-13(14)18-2)10-6-7-12(16)11(15)8-10;1-14(2,3)18-13(17)10-11-4-6-12(7-5-11)16-9-8-15;1-8(2,3)6-4-7(9-5-11)10-12-6;1-8(11)10-7-4-2-6(9)3-5-7;7-5-1-2-6(8)4-3-5;1-7-5-3-2-4-6(5)8;1-4(2,3)5;4-2-1-3-5;3-1-2-4;/h9-13H,6-8,14H2,1-3H3,(H2,25,26,27,29);6-8H,3-5,9,16H2;4-7,16H,9-10H2,1-3H3;4H,1-3H3;2-5,10-11H,9H2,1H3;1-4H,7-8H2;5H,2-4H2;1-3H3;4H;1H2;/q;;;;;;;-1;;;+1. The van der Waals surface area contributed by atoms with E-state index in [-0.39, 0.29) is 118 Å². The van der Waals surface area contributed by atoms with E-state index in [9.17, 15) is 28.7 Å². The molecule has 1 fully saturated rings. The molecule has 10 rings (SSSR count). The van der Waals surface area contributed by atoms with E-state index in [1.165, 1.54) is 24.3 Å². The summed E-state index contributed by atoms with van der Waals surface area (Å²) < 4.78 is 38.1. The number of amides is 2. The van der Waals surface area contributed by atoms with Crippen LogP contribution in [0.2, 0.25) is 6.82 Å². The molecule has 14 N–H and O–H groups in total. The number of benzene rings is 5. The molecule has 1 saturated carbocycles. The number of aliphatic hydroxyl groups excluding tert-OH is 1. The van der Waals surface area contributed by atoms with E-state index in [4.69, 9.17) is 94.9 Å². The third kappa shape index (κ3) is 47.3. The first-order valence-electron chi connectivity index (χ1n) is 37.2. The first-order valence-corrected chi connectivity index (χ1v) is 38.3. The van der Waals surface area contributed by atoms with Crippen LogP contribution in [-0.2, 0) is 41.1 Å². The van der Waals surface area contributed by atoms with Crippen LogP contribution in [0.15, 0.2) is 164 Å². The summed E-state index contributed by atoms with van der Waals surface area (Å²) >= 11 is 2.89. The van der Waals surface area contributed by atoms with Crippen molar-refractivity contribution in [3.63, 3.8) is 0 Å². The largest absolute Gasteiger partial charge is 1.00 e. The number of isocyanates is 1. The molecule has 31 nitrogen and oxygen atoms in total. The average Bonchev–Trinajstić information content (AvgIpc) is 1.78. The number of nitrogens with zero attached hydrogens (tertiary/aromatic N) is 12. The van der Waals surface area contributed by atoms with Gasteiger partial charge in [0, 0.05) is 92.7 Å². The van der Waals surface area contributed by atoms with Crippen LogP contribution in [0, 0.1) is 73.3 Å². The van der Waals surface area contributed by atoms with Gasteiger partial charge in [-0.1, -0.05) is 114 Å². The van der Waals surface area contributed by atoms with Crippen LogP contribution in [-0.4, -0.2) is 101 Å². The molecule has 36 heteroatoms. The number of esters is 1. The second-order valence-corrected chi connectivity index (χ2v) is 30.3. The van der Waals surface area contributed by atoms with Gasteiger partial charge < -0.3 is 67.6 Å². The number of halogens is 2. The third-order valence-electron chi connectivity index (χ3n) is 15.2. The van der Waals surface area contributed by atoms with Crippen LogP contribution in [0.1, 0.15) is 158 Å². The summed E-state index contributed by atoms with van der Waals surface area (Å²) in [6.45, 7) is 59.9. The van der Waals surface area contributed by atoms with Gasteiger partial charge in [-0.25, -0.2) is 43.4 Å². The Bertz CT molecular complexity index is 4870. The number of carbonyl (C=O) groups excluding carboxylic acids is 4. The number of nitriles is 2. The van der Waals surface area contributed by atoms with E-state index in [2.05, 4.69) is 76.6 Å². The molecule has 2 heterocycles. The number of rotatable bonds is 15. The topological polar surface area (TPSA) is 451 Å². The van der Waals surface area contributed by atoms with Crippen LogP contribution in [0.3, 0.4) is 0 Å². The number of Topliss-reactive ketones (excluding diaryl/α,β-unsaturated/α-hetero) is 1. The average molecular weight is 1740 g/mol. The Hall–Kier alpha value is -12.1. The van der Waals surface area contributed by atoms with Crippen LogP contribution < -0.4 is 110 Å². The van der Waals surface area contributed by atoms with E-state index >= 15 is 0 Å². The molecule has 0 aliphatic heterocycles. The molecule has 0 spiro atoms. The molecule has 0 radical (unpaired) electrons. The summed E-state index contributed by atoms with van der Waals surface area (Å²) in [5.41, 5.74) is 30.2. The van der Waals surface area contributed by atoms with E-state index in [0.717, 1.165) is 108 Å². The molecule has 1 unspecified atom stereocenters. The number of nitrogens with one attached hydrogen (secondary N) is 4. The van der Waals surface area contributed by atoms with Gasteiger partial charge in [0.2, 0.25) is 17.7 Å². The molecule has 1 atom stereocenters. The Morgan fingerprint density at radius 1 is 0.702 bits per heavy atom. The zero-order valence-electron chi connectivity index (χ0n) is 70.8. The fraction of sp³-hybridized carbons (Fsp3) is 0.376. The number of alkyl halides is 1. The van der Waals surface area contributed by atoms with Crippen LogP contribution in [0.25, 0.3) is 24.2 Å². The number of nitrogens with two attached hydrogens (primary N) is 4. The summed E-state index contributed by atoms with van der Waals surface area (Å²) in [4.78, 5) is 68.4. The Kier molecular flexibility index (Phi) is 52.1. The monoisotopic (exact) mass is 1740 g/mol. The quantitative estimate of drug-likeness (QED) is 0.00524.